The summed E-state index contributed by atoms with van der Waals surface area (Å²) in [5.41, 5.74) is 1.33. The minimum Gasteiger partial charge on any atom is -0.289 e. The molecule has 0 aromatic heterocycles. The van der Waals surface area contributed by atoms with E-state index in [1.165, 1.54) is 11.0 Å². The van der Waals surface area contributed by atoms with Crippen LogP contribution in [0.1, 0.15) is 18.1 Å². The summed E-state index contributed by atoms with van der Waals surface area (Å²) in [6.07, 6.45) is 0. The SMILES string of the molecule is C=C1C(=O)N(c2ccc(C#N)c(Cl)c2C)C(=O)N1CC. The number of hydrogen-bond acceptors (Lipinski definition) is 3. The molecule has 6 heteroatoms. The third kappa shape index (κ3) is 1.86. The number of carbonyl (C=O) groups is 2. The predicted octanol–water partition coefficient (Wildman–Crippen LogP) is 2.82. The van der Waals surface area contributed by atoms with Gasteiger partial charge in [0.05, 0.1) is 16.3 Å². The summed E-state index contributed by atoms with van der Waals surface area (Å²) in [6.45, 7) is 7.42. The van der Waals surface area contributed by atoms with Crippen LogP contribution in [0.25, 0.3) is 0 Å². The Hall–Kier alpha value is -2.32. The third-order valence-corrected chi connectivity index (χ3v) is 3.72. The molecular formula is C14H12ClN3O2. The highest BCUT2D eigenvalue weighted by molar-refractivity contribution is 6.34. The second-order valence-corrected chi connectivity index (χ2v) is 4.68. The fourth-order valence-electron chi connectivity index (χ4n) is 2.11. The normalized spacial score (nSPS) is 15.0. The number of halogens is 1. The maximum absolute atomic E-state index is 12.2. The first kappa shape index (κ1) is 14.1. The average molecular weight is 290 g/mol. The Morgan fingerprint density at radius 2 is 2.05 bits per heavy atom. The van der Waals surface area contributed by atoms with Crippen LogP contribution in [-0.4, -0.2) is 23.4 Å². The van der Waals surface area contributed by atoms with Gasteiger partial charge >= 0.3 is 6.03 Å². The van der Waals surface area contributed by atoms with Crippen molar-refractivity contribution in [2.75, 3.05) is 11.4 Å². The van der Waals surface area contributed by atoms with Crippen LogP contribution in [-0.2, 0) is 4.79 Å². The molecule has 1 aromatic rings. The van der Waals surface area contributed by atoms with E-state index in [0.717, 1.165) is 4.90 Å². The molecular weight excluding hydrogens is 278 g/mol. The summed E-state index contributed by atoms with van der Waals surface area (Å²) in [7, 11) is 0. The van der Waals surface area contributed by atoms with E-state index in [1.54, 1.807) is 19.9 Å². The van der Waals surface area contributed by atoms with Crippen LogP contribution in [0.3, 0.4) is 0 Å². The van der Waals surface area contributed by atoms with Crippen molar-refractivity contribution in [2.45, 2.75) is 13.8 Å². The summed E-state index contributed by atoms with van der Waals surface area (Å²) >= 11 is 6.07. The van der Waals surface area contributed by atoms with Crippen LogP contribution >= 0.6 is 11.6 Å². The molecule has 1 saturated heterocycles. The van der Waals surface area contributed by atoms with Gasteiger partial charge in [0.1, 0.15) is 11.8 Å². The molecule has 2 rings (SSSR count). The standard InChI is InChI=1S/C14H12ClN3O2/c1-4-17-9(3)13(19)18(14(17)20)11-6-5-10(7-16)12(15)8(11)2/h5-6H,3-4H2,1-2H3. The number of nitrogens with zero attached hydrogens (tertiary/aromatic N) is 3. The molecule has 0 N–H and O–H groups in total. The smallest absolute Gasteiger partial charge is 0.289 e. The number of amides is 3. The van der Waals surface area contributed by atoms with Gasteiger partial charge in [-0.1, -0.05) is 18.2 Å². The zero-order chi connectivity index (χ0) is 15.0. The number of hydrogen-bond donors (Lipinski definition) is 0. The topological polar surface area (TPSA) is 64.4 Å². The zero-order valence-corrected chi connectivity index (χ0v) is 11.9. The molecule has 1 aromatic carbocycles. The molecule has 5 nitrogen and oxygen atoms in total. The van der Waals surface area contributed by atoms with Gasteiger partial charge in [0.2, 0.25) is 0 Å². The van der Waals surface area contributed by atoms with Crippen LogP contribution in [0.5, 0.6) is 0 Å². The van der Waals surface area contributed by atoms with Gasteiger partial charge in [0.15, 0.2) is 0 Å². The summed E-state index contributed by atoms with van der Waals surface area (Å²) in [4.78, 5) is 26.7. The predicted molar refractivity (Wildman–Crippen MR) is 75.3 cm³/mol. The van der Waals surface area contributed by atoms with Crippen molar-refractivity contribution in [3.8, 4) is 6.07 Å². The van der Waals surface area contributed by atoms with Crippen LogP contribution in [0.2, 0.25) is 5.02 Å². The van der Waals surface area contributed by atoms with Crippen molar-refractivity contribution in [3.05, 3.63) is 40.6 Å². The van der Waals surface area contributed by atoms with Gasteiger partial charge in [-0.2, -0.15) is 5.26 Å². The van der Waals surface area contributed by atoms with Gasteiger partial charge in [-0.05, 0) is 31.5 Å². The molecule has 3 amide bonds. The summed E-state index contributed by atoms with van der Waals surface area (Å²) in [5.74, 6) is -0.472. The minimum atomic E-state index is -0.472. The molecule has 0 saturated carbocycles. The fourth-order valence-corrected chi connectivity index (χ4v) is 2.31. The van der Waals surface area contributed by atoms with E-state index in [9.17, 15) is 9.59 Å². The second kappa shape index (κ2) is 4.99. The Morgan fingerprint density at radius 1 is 1.40 bits per heavy atom. The number of imide groups is 1. The Bertz CT molecular complexity index is 676. The lowest BCUT2D eigenvalue weighted by molar-refractivity contribution is -0.114. The monoisotopic (exact) mass is 289 g/mol. The molecule has 0 spiro atoms. The van der Waals surface area contributed by atoms with E-state index in [2.05, 4.69) is 6.58 Å². The lowest BCUT2D eigenvalue weighted by atomic mass is 10.1. The molecule has 1 aliphatic rings. The van der Waals surface area contributed by atoms with E-state index in [0.29, 0.717) is 23.4 Å². The van der Waals surface area contributed by atoms with Gasteiger partial charge in [0, 0.05) is 6.54 Å². The minimum absolute atomic E-state index is 0.136. The molecule has 0 radical (unpaired) electrons. The van der Waals surface area contributed by atoms with E-state index >= 15 is 0 Å². The van der Waals surface area contributed by atoms with Gasteiger partial charge in [-0.25, -0.2) is 9.69 Å². The van der Waals surface area contributed by atoms with Crippen LogP contribution < -0.4 is 4.90 Å². The van der Waals surface area contributed by atoms with Crippen LogP contribution in [0.4, 0.5) is 10.5 Å². The van der Waals surface area contributed by atoms with Crippen LogP contribution in [0, 0.1) is 18.3 Å². The van der Waals surface area contributed by atoms with Gasteiger partial charge in [0.25, 0.3) is 5.91 Å². The van der Waals surface area contributed by atoms with Crippen LogP contribution in [0.15, 0.2) is 24.4 Å². The fraction of sp³-hybridized carbons (Fsp3) is 0.214. The highest BCUT2D eigenvalue weighted by atomic mass is 35.5. The molecule has 0 bridgehead atoms. The first-order valence-electron chi connectivity index (χ1n) is 5.98. The zero-order valence-electron chi connectivity index (χ0n) is 11.1. The maximum atomic E-state index is 12.2. The summed E-state index contributed by atoms with van der Waals surface area (Å²) < 4.78 is 0. The van der Waals surface area contributed by atoms with E-state index in [4.69, 9.17) is 16.9 Å². The van der Waals surface area contributed by atoms with Gasteiger partial charge in [-0.15, -0.1) is 0 Å². The van der Waals surface area contributed by atoms with E-state index in [1.807, 2.05) is 6.07 Å². The Balaban J connectivity index is 2.56. The number of nitriles is 1. The Kier molecular flexibility index (Phi) is 3.51. The molecule has 0 aliphatic carbocycles. The van der Waals surface area contributed by atoms with Crippen molar-refractivity contribution in [1.82, 2.24) is 4.90 Å². The number of anilines is 1. The van der Waals surface area contributed by atoms with Crippen molar-refractivity contribution in [2.24, 2.45) is 0 Å². The number of likely N-dealkylation sites (N-methyl/N-ethyl adjacent to an activating group) is 1. The number of benzene rings is 1. The Labute approximate surface area is 121 Å². The van der Waals surface area contributed by atoms with Crippen molar-refractivity contribution >= 4 is 29.2 Å². The van der Waals surface area contributed by atoms with E-state index in [-0.39, 0.29) is 10.7 Å². The van der Waals surface area contributed by atoms with Crippen molar-refractivity contribution < 1.29 is 9.59 Å². The number of urea groups is 1. The van der Waals surface area contributed by atoms with Crippen molar-refractivity contribution in [1.29, 1.82) is 5.26 Å². The highest BCUT2D eigenvalue weighted by Crippen LogP contribution is 2.33. The maximum Gasteiger partial charge on any atom is 0.336 e. The molecule has 0 unspecified atom stereocenters. The lowest BCUT2D eigenvalue weighted by Gasteiger charge is -2.18. The lowest BCUT2D eigenvalue weighted by Crippen LogP contribution is -2.33. The summed E-state index contributed by atoms with van der Waals surface area (Å²) in [6, 6.07) is 4.54. The van der Waals surface area contributed by atoms with Crippen molar-refractivity contribution in [3.63, 3.8) is 0 Å². The van der Waals surface area contributed by atoms with Gasteiger partial charge in [-0.3, -0.25) is 9.69 Å². The molecule has 1 heterocycles. The second-order valence-electron chi connectivity index (χ2n) is 4.30. The van der Waals surface area contributed by atoms with Gasteiger partial charge < -0.3 is 0 Å². The van der Waals surface area contributed by atoms with E-state index < -0.39 is 11.9 Å². The number of rotatable bonds is 2. The quantitative estimate of drug-likeness (QED) is 0.621. The third-order valence-electron chi connectivity index (χ3n) is 3.23. The Morgan fingerprint density at radius 3 is 2.55 bits per heavy atom. The largest absolute Gasteiger partial charge is 0.336 e. The average Bonchev–Trinajstić information content (AvgIpc) is 2.64. The molecule has 20 heavy (non-hydrogen) atoms. The first-order chi connectivity index (χ1) is 9.43. The molecule has 0 atom stereocenters. The molecule has 1 fully saturated rings. The highest BCUT2D eigenvalue weighted by Gasteiger charge is 2.40. The molecule has 1 aliphatic heterocycles. The summed E-state index contributed by atoms with van der Waals surface area (Å²) in [5, 5.41) is 9.16. The number of carbonyl (C=O) groups excluding carboxylic acids is 2. The molecule has 102 valence electrons. The first-order valence-corrected chi connectivity index (χ1v) is 6.35.